The highest BCUT2D eigenvalue weighted by Gasteiger charge is 2.31. The van der Waals surface area contributed by atoms with Crippen LogP contribution in [-0.2, 0) is 20.7 Å². The number of unbranched alkanes of at least 4 members (excludes halogenated alkanes) is 7. The zero-order chi connectivity index (χ0) is 21.3. The SMILES string of the molecule is CCCCCCCCCCN(C(=O)OCC)[C@@H](Cc1ccccc1)C(=O)OCC. The Kier molecular flexibility index (Phi) is 13.6. The summed E-state index contributed by atoms with van der Waals surface area (Å²) in [6.07, 6.45) is 9.40. The number of hydrogen-bond acceptors (Lipinski definition) is 4. The molecule has 164 valence electrons. The van der Waals surface area contributed by atoms with E-state index in [1.165, 1.54) is 32.1 Å². The van der Waals surface area contributed by atoms with Gasteiger partial charge in [-0.2, -0.15) is 0 Å². The number of carbonyl (C=O) groups excluding carboxylic acids is 2. The fourth-order valence-electron chi connectivity index (χ4n) is 3.39. The largest absolute Gasteiger partial charge is 0.464 e. The van der Waals surface area contributed by atoms with Gasteiger partial charge >= 0.3 is 12.1 Å². The summed E-state index contributed by atoms with van der Waals surface area (Å²) < 4.78 is 10.5. The Bertz CT molecular complexity index is 561. The monoisotopic (exact) mass is 405 g/mol. The van der Waals surface area contributed by atoms with Gasteiger partial charge in [0.25, 0.3) is 0 Å². The minimum Gasteiger partial charge on any atom is -0.464 e. The molecule has 0 bridgehead atoms. The average molecular weight is 406 g/mol. The molecule has 0 saturated heterocycles. The van der Waals surface area contributed by atoms with Crippen LogP contribution in [0.4, 0.5) is 4.79 Å². The molecule has 1 atom stereocenters. The molecule has 0 fully saturated rings. The molecule has 1 rings (SSSR count). The van der Waals surface area contributed by atoms with E-state index in [1.54, 1.807) is 18.7 Å². The molecule has 0 aliphatic heterocycles. The first-order valence-corrected chi connectivity index (χ1v) is 11.3. The molecule has 0 heterocycles. The van der Waals surface area contributed by atoms with Crippen molar-refractivity contribution in [2.75, 3.05) is 19.8 Å². The van der Waals surface area contributed by atoms with Crippen LogP contribution < -0.4 is 0 Å². The molecule has 0 saturated carbocycles. The summed E-state index contributed by atoms with van der Waals surface area (Å²) in [5.41, 5.74) is 0.996. The maximum atomic E-state index is 12.7. The van der Waals surface area contributed by atoms with E-state index in [0.29, 0.717) is 19.6 Å². The second-order valence-corrected chi connectivity index (χ2v) is 7.32. The first kappa shape index (κ1) is 25.0. The Morgan fingerprint density at radius 1 is 0.828 bits per heavy atom. The molecule has 0 radical (unpaired) electrons. The van der Waals surface area contributed by atoms with E-state index in [4.69, 9.17) is 9.47 Å². The number of amides is 1. The molecule has 5 heteroatoms. The molecule has 1 aromatic rings. The van der Waals surface area contributed by atoms with E-state index in [9.17, 15) is 9.59 Å². The molecule has 0 unspecified atom stereocenters. The molecule has 0 spiro atoms. The van der Waals surface area contributed by atoms with Crippen molar-refractivity contribution in [3.63, 3.8) is 0 Å². The van der Waals surface area contributed by atoms with Crippen molar-refractivity contribution in [1.29, 1.82) is 0 Å². The quantitative estimate of drug-likeness (QED) is 0.275. The maximum absolute atomic E-state index is 12.7. The maximum Gasteiger partial charge on any atom is 0.410 e. The van der Waals surface area contributed by atoms with Gasteiger partial charge in [-0.05, 0) is 25.8 Å². The fraction of sp³-hybridized carbons (Fsp3) is 0.667. The van der Waals surface area contributed by atoms with Crippen LogP contribution in [-0.4, -0.2) is 42.8 Å². The van der Waals surface area contributed by atoms with Gasteiger partial charge in [0.2, 0.25) is 0 Å². The first-order chi connectivity index (χ1) is 14.1. The van der Waals surface area contributed by atoms with E-state index in [-0.39, 0.29) is 12.6 Å². The number of rotatable bonds is 15. The number of hydrogen-bond donors (Lipinski definition) is 0. The summed E-state index contributed by atoms with van der Waals surface area (Å²) in [5, 5.41) is 0. The van der Waals surface area contributed by atoms with Crippen molar-refractivity contribution in [2.24, 2.45) is 0 Å². The van der Waals surface area contributed by atoms with Crippen molar-refractivity contribution in [2.45, 2.75) is 84.6 Å². The van der Waals surface area contributed by atoms with Gasteiger partial charge in [0.05, 0.1) is 13.2 Å². The molecule has 1 amide bonds. The molecule has 0 aliphatic carbocycles. The summed E-state index contributed by atoms with van der Waals surface area (Å²) in [6.45, 7) is 6.86. The molecular weight excluding hydrogens is 366 g/mol. The molecular formula is C24H39NO4. The number of nitrogens with zero attached hydrogens (tertiary/aromatic N) is 1. The molecule has 5 nitrogen and oxygen atoms in total. The van der Waals surface area contributed by atoms with Crippen molar-refractivity contribution in [3.05, 3.63) is 35.9 Å². The lowest BCUT2D eigenvalue weighted by atomic mass is 10.0. The summed E-state index contributed by atoms with van der Waals surface area (Å²) in [5.74, 6) is -0.371. The molecule has 1 aromatic carbocycles. The van der Waals surface area contributed by atoms with E-state index in [1.807, 2.05) is 30.3 Å². The minimum absolute atomic E-state index is 0.285. The third-order valence-corrected chi connectivity index (χ3v) is 4.96. The summed E-state index contributed by atoms with van der Waals surface area (Å²) in [6, 6.07) is 9.07. The van der Waals surface area contributed by atoms with E-state index in [2.05, 4.69) is 6.92 Å². The number of carbonyl (C=O) groups is 2. The summed E-state index contributed by atoms with van der Waals surface area (Å²) >= 11 is 0. The van der Waals surface area contributed by atoms with Gasteiger partial charge < -0.3 is 9.47 Å². The minimum atomic E-state index is -0.666. The molecule has 0 aromatic heterocycles. The van der Waals surface area contributed by atoms with Crippen LogP contribution in [0.3, 0.4) is 0 Å². The van der Waals surface area contributed by atoms with Crippen LogP contribution in [0.25, 0.3) is 0 Å². The van der Waals surface area contributed by atoms with Gasteiger partial charge in [0.1, 0.15) is 6.04 Å². The van der Waals surface area contributed by atoms with Crippen LogP contribution in [0.5, 0.6) is 0 Å². The van der Waals surface area contributed by atoms with Crippen molar-refractivity contribution in [3.8, 4) is 0 Å². The van der Waals surface area contributed by atoms with Gasteiger partial charge in [0, 0.05) is 13.0 Å². The zero-order valence-corrected chi connectivity index (χ0v) is 18.5. The van der Waals surface area contributed by atoms with Crippen molar-refractivity contribution >= 4 is 12.1 Å². The lowest BCUT2D eigenvalue weighted by Crippen LogP contribution is -2.48. The predicted octanol–water partition coefficient (Wildman–Crippen LogP) is 5.76. The lowest BCUT2D eigenvalue weighted by molar-refractivity contribution is -0.149. The number of ether oxygens (including phenoxy) is 2. The Balaban J connectivity index is 2.72. The van der Waals surface area contributed by atoms with Gasteiger partial charge in [-0.25, -0.2) is 9.59 Å². The third kappa shape index (κ3) is 10.3. The van der Waals surface area contributed by atoms with Gasteiger partial charge in [0.15, 0.2) is 0 Å². The van der Waals surface area contributed by atoms with E-state index >= 15 is 0 Å². The van der Waals surface area contributed by atoms with Crippen LogP contribution in [0.15, 0.2) is 30.3 Å². The normalized spacial score (nSPS) is 11.7. The number of esters is 1. The Morgan fingerprint density at radius 2 is 1.41 bits per heavy atom. The van der Waals surface area contributed by atoms with E-state index in [0.717, 1.165) is 24.8 Å². The third-order valence-electron chi connectivity index (χ3n) is 4.96. The van der Waals surface area contributed by atoms with Gasteiger partial charge in [-0.1, -0.05) is 82.2 Å². The van der Waals surface area contributed by atoms with Crippen molar-refractivity contribution in [1.82, 2.24) is 4.90 Å². The van der Waals surface area contributed by atoms with Crippen LogP contribution in [0, 0.1) is 0 Å². The summed E-state index contributed by atoms with van der Waals surface area (Å²) in [7, 11) is 0. The van der Waals surface area contributed by atoms with Crippen LogP contribution >= 0.6 is 0 Å². The van der Waals surface area contributed by atoms with Crippen LogP contribution in [0.2, 0.25) is 0 Å². The zero-order valence-electron chi connectivity index (χ0n) is 18.5. The predicted molar refractivity (Wildman–Crippen MR) is 117 cm³/mol. The van der Waals surface area contributed by atoms with Crippen molar-refractivity contribution < 1.29 is 19.1 Å². The second-order valence-electron chi connectivity index (χ2n) is 7.32. The van der Waals surface area contributed by atoms with Gasteiger partial charge in [-0.3, -0.25) is 4.90 Å². The summed E-state index contributed by atoms with van der Waals surface area (Å²) in [4.78, 5) is 26.8. The molecule has 29 heavy (non-hydrogen) atoms. The highest BCUT2D eigenvalue weighted by atomic mass is 16.6. The smallest absolute Gasteiger partial charge is 0.410 e. The Hall–Kier alpha value is -2.04. The Labute approximate surface area is 176 Å². The highest BCUT2D eigenvalue weighted by Crippen LogP contribution is 2.15. The molecule has 0 N–H and O–H groups in total. The number of benzene rings is 1. The fourth-order valence-corrected chi connectivity index (χ4v) is 3.39. The first-order valence-electron chi connectivity index (χ1n) is 11.3. The second kappa shape index (κ2) is 15.8. The van der Waals surface area contributed by atoms with Gasteiger partial charge in [-0.15, -0.1) is 0 Å². The van der Waals surface area contributed by atoms with E-state index < -0.39 is 12.1 Å². The average Bonchev–Trinajstić information content (AvgIpc) is 2.72. The molecule has 0 aliphatic rings. The van der Waals surface area contributed by atoms with Crippen LogP contribution in [0.1, 0.15) is 77.7 Å². The highest BCUT2D eigenvalue weighted by molar-refractivity contribution is 5.81. The topological polar surface area (TPSA) is 55.8 Å². The Morgan fingerprint density at radius 3 is 2.00 bits per heavy atom. The lowest BCUT2D eigenvalue weighted by Gasteiger charge is -2.29. The standard InChI is InChI=1S/C24H39NO4/c1-4-7-8-9-10-11-12-16-19-25(24(27)29-6-3)22(23(26)28-5-2)20-21-17-14-13-15-18-21/h13-15,17-18,22H,4-12,16,19-20H2,1-3H3/t22-/m0/s1.